The Morgan fingerprint density at radius 3 is 2.42 bits per heavy atom. The number of aromatic amines is 2. The number of H-pyrrole nitrogens is 2. The highest BCUT2D eigenvalue weighted by atomic mass is 16.8. The second-order valence-corrected chi connectivity index (χ2v) is 6.92. The first-order valence-corrected chi connectivity index (χ1v) is 7.75. The van der Waals surface area contributed by atoms with Gasteiger partial charge < -0.3 is 29.0 Å². The summed E-state index contributed by atoms with van der Waals surface area (Å²) in [6.45, 7) is 7.08. The van der Waals surface area contributed by atoms with Gasteiger partial charge in [0.05, 0.1) is 12.3 Å². The van der Waals surface area contributed by atoms with Crippen molar-refractivity contribution in [3.05, 3.63) is 32.6 Å². The lowest BCUT2D eigenvalue weighted by atomic mass is 10.0. The summed E-state index contributed by atoms with van der Waals surface area (Å²) in [5.41, 5.74) is -0.978. The SMILES string of the molecule is CC1(C)OC[C@H]([C@H](O)[C@H]2OC(C)(C)O[C@H]2c2cc(=O)[nH]c(=O)[nH]2)O1. The minimum absolute atomic E-state index is 0.201. The summed E-state index contributed by atoms with van der Waals surface area (Å²) in [5, 5.41) is 10.7. The molecule has 0 radical (unpaired) electrons. The molecule has 3 heterocycles. The van der Waals surface area contributed by atoms with Crippen molar-refractivity contribution in [2.75, 3.05) is 6.61 Å². The van der Waals surface area contributed by atoms with Gasteiger partial charge in [-0.2, -0.15) is 0 Å². The molecule has 3 rings (SSSR count). The summed E-state index contributed by atoms with van der Waals surface area (Å²) < 4.78 is 22.7. The summed E-state index contributed by atoms with van der Waals surface area (Å²) in [6.07, 6.45) is -3.34. The average Bonchev–Trinajstić information content (AvgIpc) is 2.96. The van der Waals surface area contributed by atoms with E-state index >= 15 is 0 Å². The second kappa shape index (κ2) is 5.78. The number of hydrogen-bond acceptors (Lipinski definition) is 7. The summed E-state index contributed by atoms with van der Waals surface area (Å²) in [6, 6.07) is 1.21. The van der Waals surface area contributed by atoms with Crippen LogP contribution in [0.3, 0.4) is 0 Å². The van der Waals surface area contributed by atoms with Gasteiger partial charge >= 0.3 is 5.69 Å². The molecule has 0 aromatic carbocycles. The normalized spacial score (nSPS) is 32.8. The maximum atomic E-state index is 11.6. The highest BCUT2D eigenvalue weighted by molar-refractivity contribution is 5.09. The third-order valence-corrected chi connectivity index (χ3v) is 3.96. The molecule has 24 heavy (non-hydrogen) atoms. The number of rotatable bonds is 3. The van der Waals surface area contributed by atoms with Crippen LogP contribution in [0.4, 0.5) is 0 Å². The van der Waals surface area contributed by atoms with Crippen molar-refractivity contribution in [2.45, 2.75) is 63.7 Å². The van der Waals surface area contributed by atoms with Crippen LogP contribution in [-0.2, 0) is 18.9 Å². The highest BCUT2D eigenvalue weighted by Gasteiger charge is 2.50. The van der Waals surface area contributed by atoms with Crippen LogP contribution >= 0.6 is 0 Å². The summed E-state index contributed by atoms with van der Waals surface area (Å²) in [4.78, 5) is 27.7. The molecule has 2 aliphatic heterocycles. The van der Waals surface area contributed by atoms with Crippen molar-refractivity contribution >= 4 is 0 Å². The standard InChI is InChI=1S/C15H22N2O7/c1-14(2)21-6-8(22-14)10(19)12-11(23-15(3,4)24-12)7-5-9(18)17-13(20)16-7/h5,8,10-12,19H,6H2,1-4H3,(H2,16,17,18,20)/t8-,10+,11+,12-/m1/s1. The van der Waals surface area contributed by atoms with E-state index in [1.165, 1.54) is 6.07 Å². The van der Waals surface area contributed by atoms with Crippen LogP contribution in [0, 0.1) is 0 Å². The molecule has 3 N–H and O–H groups in total. The molecular weight excluding hydrogens is 320 g/mol. The van der Waals surface area contributed by atoms with Crippen molar-refractivity contribution < 1.29 is 24.1 Å². The molecule has 0 bridgehead atoms. The van der Waals surface area contributed by atoms with Crippen LogP contribution in [-0.4, -0.2) is 51.6 Å². The zero-order chi connectivity index (χ0) is 17.7. The first-order valence-electron chi connectivity index (χ1n) is 7.75. The first-order chi connectivity index (χ1) is 11.1. The molecule has 0 aliphatic carbocycles. The van der Waals surface area contributed by atoms with Gasteiger partial charge in [-0.3, -0.25) is 9.78 Å². The lowest BCUT2D eigenvalue weighted by molar-refractivity contribution is -0.178. The van der Waals surface area contributed by atoms with Gasteiger partial charge in [0.2, 0.25) is 0 Å². The van der Waals surface area contributed by atoms with Crippen molar-refractivity contribution in [3.63, 3.8) is 0 Å². The van der Waals surface area contributed by atoms with Gasteiger partial charge in [0, 0.05) is 6.07 Å². The Bertz CT molecular complexity index is 695. The van der Waals surface area contributed by atoms with E-state index in [0.29, 0.717) is 0 Å². The van der Waals surface area contributed by atoms with Crippen molar-refractivity contribution in [1.82, 2.24) is 9.97 Å². The molecule has 0 spiro atoms. The van der Waals surface area contributed by atoms with Gasteiger partial charge in [0.1, 0.15) is 24.4 Å². The predicted molar refractivity (Wildman–Crippen MR) is 81.4 cm³/mol. The Morgan fingerprint density at radius 1 is 1.12 bits per heavy atom. The van der Waals surface area contributed by atoms with Crippen LogP contribution < -0.4 is 11.2 Å². The number of hydrogen-bond donors (Lipinski definition) is 3. The number of aromatic nitrogens is 2. The van der Waals surface area contributed by atoms with Gasteiger partial charge in [-0.1, -0.05) is 0 Å². The summed E-state index contributed by atoms with van der Waals surface area (Å²) >= 11 is 0. The second-order valence-electron chi connectivity index (χ2n) is 6.92. The summed E-state index contributed by atoms with van der Waals surface area (Å²) in [7, 11) is 0. The van der Waals surface area contributed by atoms with Crippen molar-refractivity contribution in [3.8, 4) is 0 Å². The Kier molecular flexibility index (Phi) is 4.17. The number of aliphatic hydroxyl groups is 1. The zero-order valence-corrected chi connectivity index (χ0v) is 14.0. The van der Waals surface area contributed by atoms with Gasteiger partial charge in [-0.25, -0.2) is 4.79 Å². The largest absolute Gasteiger partial charge is 0.387 e. The number of nitrogens with one attached hydrogen (secondary N) is 2. The molecule has 2 saturated heterocycles. The predicted octanol–water partition coefficient (Wildman–Crippen LogP) is -0.232. The molecule has 1 aromatic rings. The van der Waals surface area contributed by atoms with Crippen molar-refractivity contribution in [1.29, 1.82) is 0 Å². The molecule has 9 heteroatoms. The zero-order valence-electron chi connectivity index (χ0n) is 14.0. The van der Waals surface area contributed by atoms with E-state index in [1.54, 1.807) is 27.7 Å². The summed E-state index contributed by atoms with van der Waals surface area (Å²) in [5.74, 6) is -1.79. The van der Waals surface area contributed by atoms with Crippen LogP contribution in [0.25, 0.3) is 0 Å². The van der Waals surface area contributed by atoms with Gasteiger partial charge in [-0.05, 0) is 27.7 Å². The molecular formula is C15H22N2O7. The lowest BCUT2D eigenvalue weighted by Gasteiger charge is -2.26. The van der Waals surface area contributed by atoms with Gasteiger partial charge in [0.25, 0.3) is 5.56 Å². The van der Waals surface area contributed by atoms with E-state index in [1.807, 2.05) is 0 Å². The van der Waals surface area contributed by atoms with E-state index in [2.05, 4.69) is 9.97 Å². The van der Waals surface area contributed by atoms with E-state index in [-0.39, 0.29) is 12.3 Å². The molecule has 4 atom stereocenters. The Morgan fingerprint density at radius 2 is 1.83 bits per heavy atom. The fourth-order valence-corrected chi connectivity index (χ4v) is 3.02. The monoisotopic (exact) mass is 342 g/mol. The average molecular weight is 342 g/mol. The lowest BCUT2D eigenvalue weighted by Crippen LogP contribution is -2.43. The fourth-order valence-electron chi connectivity index (χ4n) is 3.02. The minimum Gasteiger partial charge on any atom is -0.387 e. The Hall–Kier alpha value is -1.52. The molecule has 0 unspecified atom stereocenters. The van der Waals surface area contributed by atoms with Gasteiger partial charge in [0.15, 0.2) is 11.6 Å². The van der Waals surface area contributed by atoms with Gasteiger partial charge in [-0.15, -0.1) is 0 Å². The van der Waals surface area contributed by atoms with E-state index in [9.17, 15) is 14.7 Å². The van der Waals surface area contributed by atoms with E-state index in [4.69, 9.17) is 18.9 Å². The first kappa shape index (κ1) is 17.3. The van der Waals surface area contributed by atoms with Crippen LogP contribution in [0.2, 0.25) is 0 Å². The quantitative estimate of drug-likeness (QED) is 0.693. The number of aliphatic hydroxyl groups excluding tert-OH is 1. The molecule has 2 aliphatic rings. The third-order valence-electron chi connectivity index (χ3n) is 3.96. The molecule has 134 valence electrons. The molecule has 0 saturated carbocycles. The molecule has 1 aromatic heterocycles. The fraction of sp³-hybridized carbons (Fsp3) is 0.733. The van der Waals surface area contributed by atoms with E-state index < -0.39 is 47.2 Å². The van der Waals surface area contributed by atoms with Crippen LogP contribution in [0.5, 0.6) is 0 Å². The van der Waals surface area contributed by atoms with Crippen LogP contribution in [0.15, 0.2) is 15.7 Å². The third kappa shape index (κ3) is 3.45. The highest BCUT2D eigenvalue weighted by Crippen LogP contribution is 2.40. The minimum atomic E-state index is -1.07. The van der Waals surface area contributed by atoms with E-state index in [0.717, 1.165) is 0 Å². The molecule has 2 fully saturated rings. The molecule has 9 nitrogen and oxygen atoms in total. The Balaban J connectivity index is 1.89. The smallest absolute Gasteiger partial charge is 0.325 e. The Labute approximate surface area is 137 Å². The number of ether oxygens (including phenoxy) is 4. The maximum absolute atomic E-state index is 11.6. The van der Waals surface area contributed by atoms with Crippen LogP contribution in [0.1, 0.15) is 39.5 Å². The maximum Gasteiger partial charge on any atom is 0.325 e. The molecule has 0 amide bonds. The topological polar surface area (TPSA) is 123 Å². The van der Waals surface area contributed by atoms with Crippen molar-refractivity contribution in [2.24, 2.45) is 0 Å².